The van der Waals surface area contributed by atoms with Crippen LogP contribution >= 0.6 is 11.6 Å². The highest BCUT2D eigenvalue weighted by molar-refractivity contribution is 6.30. The molecular weight excluding hydrogens is 248 g/mol. The molecule has 1 heterocycles. The third kappa shape index (κ3) is 2.71. The number of aromatic nitrogens is 2. The molecule has 0 fully saturated rings. The van der Waals surface area contributed by atoms with Gasteiger partial charge in [-0.05, 0) is 31.5 Å². The first-order valence-corrected chi connectivity index (χ1v) is 6.13. The van der Waals surface area contributed by atoms with Crippen molar-refractivity contribution < 1.29 is 0 Å². The number of nitrogens with two attached hydrogens (primary N) is 1. The Bertz CT molecular complexity index is 569. The highest BCUT2D eigenvalue weighted by Gasteiger charge is 2.07. The van der Waals surface area contributed by atoms with Crippen molar-refractivity contribution in [3.8, 4) is 11.3 Å². The number of halogens is 1. The quantitative estimate of drug-likeness (QED) is 0.892. The molecule has 2 rings (SSSR count). The monoisotopic (exact) mass is 262 g/mol. The van der Waals surface area contributed by atoms with Crippen molar-refractivity contribution in [1.29, 1.82) is 0 Å². The molecule has 0 bridgehead atoms. The molecule has 0 aliphatic rings. The van der Waals surface area contributed by atoms with Crippen molar-refractivity contribution in [2.24, 2.45) is 0 Å². The summed E-state index contributed by atoms with van der Waals surface area (Å²) in [5.74, 6) is 0.974. The zero-order valence-corrected chi connectivity index (χ0v) is 11.1. The van der Waals surface area contributed by atoms with Gasteiger partial charge in [0.05, 0.1) is 5.69 Å². The number of nitrogen functional groups attached to an aromatic ring is 1. The molecule has 5 heteroatoms. The third-order valence-electron chi connectivity index (χ3n) is 2.58. The van der Waals surface area contributed by atoms with Crippen LogP contribution in [0.2, 0.25) is 5.02 Å². The molecule has 3 N–H and O–H groups in total. The molecular formula is C13H15ClN4. The van der Waals surface area contributed by atoms with Crippen molar-refractivity contribution >= 4 is 23.4 Å². The number of aryl methyl sites for hydroxylation is 1. The Morgan fingerprint density at radius 3 is 2.78 bits per heavy atom. The van der Waals surface area contributed by atoms with E-state index in [1.807, 2.05) is 38.1 Å². The number of nitrogens with one attached hydrogen (secondary N) is 1. The van der Waals surface area contributed by atoms with Gasteiger partial charge in [0.1, 0.15) is 5.82 Å². The van der Waals surface area contributed by atoms with E-state index >= 15 is 0 Å². The van der Waals surface area contributed by atoms with Gasteiger partial charge >= 0.3 is 0 Å². The minimum absolute atomic E-state index is 0.253. The van der Waals surface area contributed by atoms with Crippen LogP contribution in [0.5, 0.6) is 0 Å². The minimum atomic E-state index is 0.253. The van der Waals surface area contributed by atoms with E-state index in [4.69, 9.17) is 17.3 Å². The van der Waals surface area contributed by atoms with Gasteiger partial charge in [0.25, 0.3) is 0 Å². The molecule has 0 aliphatic carbocycles. The molecule has 2 aromatic rings. The maximum Gasteiger partial charge on any atom is 0.222 e. The molecule has 1 aromatic heterocycles. The van der Waals surface area contributed by atoms with E-state index in [-0.39, 0.29) is 5.95 Å². The minimum Gasteiger partial charge on any atom is -0.370 e. The largest absolute Gasteiger partial charge is 0.370 e. The van der Waals surface area contributed by atoms with Gasteiger partial charge in [-0.2, -0.15) is 4.98 Å². The second kappa shape index (κ2) is 5.23. The number of nitrogens with zero attached hydrogens (tertiary/aromatic N) is 2. The smallest absolute Gasteiger partial charge is 0.222 e. The zero-order valence-electron chi connectivity index (χ0n) is 10.4. The topological polar surface area (TPSA) is 63.8 Å². The first-order valence-electron chi connectivity index (χ1n) is 5.75. The van der Waals surface area contributed by atoms with Gasteiger partial charge in [-0.25, -0.2) is 4.98 Å². The van der Waals surface area contributed by atoms with Gasteiger partial charge < -0.3 is 11.1 Å². The van der Waals surface area contributed by atoms with Crippen molar-refractivity contribution in [2.75, 3.05) is 17.6 Å². The average Bonchev–Trinajstić information content (AvgIpc) is 2.32. The molecule has 0 aliphatic heterocycles. The second-order valence-electron chi connectivity index (χ2n) is 3.99. The Labute approximate surface area is 111 Å². The Kier molecular flexibility index (Phi) is 3.67. The molecule has 0 radical (unpaired) electrons. The van der Waals surface area contributed by atoms with E-state index in [0.29, 0.717) is 5.02 Å². The van der Waals surface area contributed by atoms with E-state index in [9.17, 15) is 0 Å². The highest BCUT2D eigenvalue weighted by Crippen LogP contribution is 2.26. The molecule has 18 heavy (non-hydrogen) atoms. The fourth-order valence-corrected chi connectivity index (χ4v) is 1.92. The Morgan fingerprint density at radius 1 is 1.28 bits per heavy atom. The van der Waals surface area contributed by atoms with E-state index in [0.717, 1.165) is 29.2 Å². The Balaban J connectivity index is 2.52. The SMILES string of the molecule is CCNc1cc(-c2cc(Cl)ccc2C)nc(N)n1. The lowest BCUT2D eigenvalue weighted by Gasteiger charge is -2.09. The van der Waals surface area contributed by atoms with Crippen molar-refractivity contribution in [3.63, 3.8) is 0 Å². The van der Waals surface area contributed by atoms with Crippen LogP contribution in [-0.4, -0.2) is 16.5 Å². The van der Waals surface area contributed by atoms with Crippen LogP contribution in [0.25, 0.3) is 11.3 Å². The normalized spacial score (nSPS) is 10.4. The van der Waals surface area contributed by atoms with Crippen LogP contribution in [0.4, 0.5) is 11.8 Å². The molecule has 94 valence electrons. The first kappa shape index (κ1) is 12.6. The standard InChI is InChI=1S/C13H15ClN4/c1-3-16-12-7-11(17-13(15)18-12)10-6-9(14)5-4-8(10)2/h4-7H,3H2,1-2H3,(H3,15,16,17,18). The van der Waals surface area contributed by atoms with Crippen LogP contribution in [-0.2, 0) is 0 Å². The van der Waals surface area contributed by atoms with Crippen LogP contribution in [0.1, 0.15) is 12.5 Å². The number of rotatable bonds is 3. The number of benzene rings is 1. The molecule has 1 aromatic carbocycles. The summed E-state index contributed by atoms with van der Waals surface area (Å²) in [4.78, 5) is 8.38. The van der Waals surface area contributed by atoms with Crippen molar-refractivity contribution in [3.05, 3.63) is 34.9 Å². The predicted molar refractivity (Wildman–Crippen MR) is 75.8 cm³/mol. The van der Waals surface area contributed by atoms with E-state index < -0.39 is 0 Å². The zero-order chi connectivity index (χ0) is 13.1. The first-order chi connectivity index (χ1) is 8.60. The number of hydrogen-bond acceptors (Lipinski definition) is 4. The van der Waals surface area contributed by atoms with E-state index in [2.05, 4.69) is 15.3 Å². The maximum absolute atomic E-state index is 6.02. The summed E-state index contributed by atoms with van der Waals surface area (Å²) in [5, 5.41) is 3.81. The molecule has 4 nitrogen and oxygen atoms in total. The third-order valence-corrected chi connectivity index (χ3v) is 2.81. The fraction of sp³-hybridized carbons (Fsp3) is 0.231. The molecule has 0 atom stereocenters. The molecule has 0 saturated heterocycles. The van der Waals surface area contributed by atoms with Gasteiger partial charge in [0.15, 0.2) is 0 Å². The van der Waals surface area contributed by atoms with Gasteiger partial charge in [-0.1, -0.05) is 17.7 Å². The fourth-order valence-electron chi connectivity index (χ4n) is 1.75. The van der Waals surface area contributed by atoms with Crippen LogP contribution in [0.15, 0.2) is 24.3 Å². The molecule has 0 saturated carbocycles. The van der Waals surface area contributed by atoms with Crippen molar-refractivity contribution in [1.82, 2.24) is 9.97 Å². The average molecular weight is 263 g/mol. The Hall–Kier alpha value is -1.81. The van der Waals surface area contributed by atoms with E-state index in [1.54, 1.807) is 0 Å². The molecule has 0 spiro atoms. The summed E-state index contributed by atoms with van der Waals surface area (Å²) >= 11 is 6.02. The highest BCUT2D eigenvalue weighted by atomic mass is 35.5. The number of anilines is 2. The summed E-state index contributed by atoms with van der Waals surface area (Å²) < 4.78 is 0. The maximum atomic E-state index is 6.02. The summed E-state index contributed by atoms with van der Waals surface area (Å²) in [6, 6.07) is 7.58. The van der Waals surface area contributed by atoms with Crippen LogP contribution in [0, 0.1) is 6.92 Å². The van der Waals surface area contributed by atoms with E-state index in [1.165, 1.54) is 0 Å². The predicted octanol–water partition coefficient (Wildman–Crippen LogP) is 3.12. The lowest BCUT2D eigenvalue weighted by Crippen LogP contribution is -2.04. The van der Waals surface area contributed by atoms with Crippen LogP contribution < -0.4 is 11.1 Å². The molecule has 0 unspecified atom stereocenters. The Morgan fingerprint density at radius 2 is 2.06 bits per heavy atom. The molecule has 0 amide bonds. The summed E-state index contributed by atoms with van der Waals surface area (Å²) in [7, 11) is 0. The summed E-state index contributed by atoms with van der Waals surface area (Å²) in [6.45, 7) is 4.80. The van der Waals surface area contributed by atoms with Gasteiger partial charge in [-0.15, -0.1) is 0 Å². The van der Waals surface area contributed by atoms with Gasteiger partial charge in [0, 0.05) is 23.2 Å². The number of hydrogen-bond donors (Lipinski definition) is 2. The summed E-state index contributed by atoms with van der Waals surface area (Å²) in [5.41, 5.74) is 8.56. The lowest BCUT2D eigenvalue weighted by atomic mass is 10.1. The second-order valence-corrected chi connectivity index (χ2v) is 4.42. The van der Waals surface area contributed by atoms with Crippen LogP contribution in [0.3, 0.4) is 0 Å². The summed E-state index contributed by atoms with van der Waals surface area (Å²) in [6.07, 6.45) is 0. The lowest BCUT2D eigenvalue weighted by molar-refractivity contribution is 1.12. The van der Waals surface area contributed by atoms with Crippen molar-refractivity contribution in [2.45, 2.75) is 13.8 Å². The van der Waals surface area contributed by atoms with Gasteiger partial charge in [0.2, 0.25) is 5.95 Å². The van der Waals surface area contributed by atoms with Gasteiger partial charge in [-0.3, -0.25) is 0 Å².